The van der Waals surface area contributed by atoms with Crippen LogP contribution in [0.25, 0.3) is 0 Å². The van der Waals surface area contributed by atoms with Gasteiger partial charge in [0.1, 0.15) is 5.71 Å². The number of hydrogen-bond donors (Lipinski definition) is 1. The van der Waals surface area contributed by atoms with E-state index in [-0.39, 0.29) is 5.91 Å². The first kappa shape index (κ1) is 18.0. The van der Waals surface area contributed by atoms with E-state index in [0.717, 1.165) is 27.7 Å². The quantitative estimate of drug-likeness (QED) is 0.557. The third-order valence-corrected chi connectivity index (χ3v) is 5.52. The zero-order valence-corrected chi connectivity index (χ0v) is 15.5. The summed E-state index contributed by atoms with van der Waals surface area (Å²) >= 11 is 9.56. The van der Waals surface area contributed by atoms with Crippen LogP contribution in [0.1, 0.15) is 35.6 Å². The Kier molecular flexibility index (Phi) is 7.15. The lowest BCUT2D eigenvalue weighted by Crippen LogP contribution is -2.18. The fraction of sp³-hybridized carbons (Fsp3) is 0.294. The Bertz CT molecular complexity index is 680. The number of nitrogens with zero attached hydrogens (tertiary/aromatic N) is 1. The van der Waals surface area contributed by atoms with Gasteiger partial charge in [-0.25, -0.2) is 5.43 Å². The predicted molar refractivity (Wildman–Crippen MR) is 102 cm³/mol. The van der Waals surface area contributed by atoms with Crippen molar-refractivity contribution < 1.29 is 4.79 Å². The van der Waals surface area contributed by atoms with Crippen LogP contribution in [0.4, 0.5) is 0 Å². The van der Waals surface area contributed by atoms with Gasteiger partial charge in [-0.2, -0.15) is 16.9 Å². The molecule has 1 aromatic heterocycles. The van der Waals surface area contributed by atoms with Gasteiger partial charge >= 0.3 is 0 Å². The Morgan fingerprint density at radius 3 is 2.61 bits per heavy atom. The fourth-order valence-electron chi connectivity index (χ4n) is 1.85. The number of amides is 1. The first-order valence-corrected chi connectivity index (χ1v) is 9.78. The molecular formula is C17H19ClN2OS2. The Morgan fingerprint density at radius 2 is 1.96 bits per heavy atom. The van der Waals surface area contributed by atoms with Gasteiger partial charge in [0.15, 0.2) is 0 Å². The van der Waals surface area contributed by atoms with Crippen molar-refractivity contribution in [1.82, 2.24) is 5.43 Å². The molecule has 0 unspecified atom stereocenters. The highest BCUT2D eigenvalue weighted by atomic mass is 35.5. The molecule has 1 aromatic carbocycles. The lowest BCUT2D eigenvalue weighted by atomic mass is 10.1. The number of hydrogen-bond acceptors (Lipinski definition) is 4. The van der Waals surface area contributed by atoms with E-state index >= 15 is 0 Å². The minimum atomic E-state index is -0.102. The molecule has 6 heteroatoms. The number of thiophene rings is 1. The van der Waals surface area contributed by atoms with E-state index < -0.39 is 0 Å². The topological polar surface area (TPSA) is 41.5 Å². The zero-order chi connectivity index (χ0) is 16.7. The van der Waals surface area contributed by atoms with Crippen molar-refractivity contribution in [2.45, 2.75) is 26.0 Å². The standard InChI is InChI=1S/C17H19ClN2OS2/c1-3-16(21)19-20-17(12-5-7-13(18)8-6-12)15-10-9-14(23-15)11-22-4-2/h5-10H,3-4,11H2,1-2H3,(H,19,21). The molecule has 0 spiro atoms. The maximum absolute atomic E-state index is 11.5. The van der Waals surface area contributed by atoms with Crippen molar-refractivity contribution in [1.29, 1.82) is 0 Å². The molecule has 0 aliphatic heterocycles. The molecule has 0 bridgehead atoms. The number of rotatable bonds is 7. The van der Waals surface area contributed by atoms with Gasteiger partial charge in [-0.3, -0.25) is 4.79 Å². The van der Waals surface area contributed by atoms with Gasteiger partial charge in [-0.05, 0) is 30.0 Å². The van der Waals surface area contributed by atoms with Gasteiger partial charge in [0, 0.05) is 27.6 Å². The summed E-state index contributed by atoms with van der Waals surface area (Å²) in [6.45, 7) is 3.96. The minimum Gasteiger partial charge on any atom is -0.273 e. The van der Waals surface area contributed by atoms with E-state index in [1.807, 2.05) is 36.0 Å². The van der Waals surface area contributed by atoms with Crippen LogP contribution in [-0.4, -0.2) is 17.4 Å². The monoisotopic (exact) mass is 366 g/mol. The molecular weight excluding hydrogens is 348 g/mol. The third kappa shape index (κ3) is 5.37. The van der Waals surface area contributed by atoms with Crippen LogP contribution in [-0.2, 0) is 10.5 Å². The maximum Gasteiger partial charge on any atom is 0.239 e. The van der Waals surface area contributed by atoms with Crippen molar-refractivity contribution in [2.24, 2.45) is 5.10 Å². The van der Waals surface area contributed by atoms with Crippen molar-refractivity contribution in [3.63, 3.8) is 0 Å². The van der Waals surface area contributed by atoms with E-state index in [1.165, 1.54) is 4.88 Å². The van der Waals surface area contributed by atoms with Gasteiger partial charge in [-0.15, -0.1) is 11.3 Å². The molecule has 2 aromatic rings. The first-order valence-electron chi connectivity index (χ1n) is 7.43. The van der Waals surface area contributed by atoms with Crippen LogP contribution in [0.2, 0.25) is 5.02 Å². The van der Waals surface area contributed by atoms with Gasteiger partial charge < -0.3 is 0 Å². The summed E-state index contributed by atoms with van der Waals surface area (Å²) in [7, 11) is 0. The maximum atomic E-state index is 11.5. The van der Waals surface area contributed by atoms with Crippen LogP contribution < -0.4 is 5.43 Å². The van der Waals surface area contributed by atoms with Crippen LogP contribution in [0.5, 0.6) is 0 Å². The highest BCUT2D eigenvalue weighted by molar-refractivity contribution is 7.98. The highest BCUT2D eigenvalue weighted by Crippen LogP contribution is 2.24. The summed E-state index contributed by atoms with van der Waals surface area (Å²) in [5, 5.41) is 5.01. The van der Waals surface area contributed by atoms with E-state index in [9.17, 15) is 4.79 Å². The largest absolute Gasteiger partial charge is 0.273 e. The summed E-state index contributed by atoms with van der Waals surface area (Å²) in [4.78, 5) is 13.9. The Balaban J connectivity index is 2.30. The molecule has 1 heterocycles. The predicted octanol–water partition coefficient (Wildman–Crippen LogP) is 4.93. The molecule has 0 aliphatic rings. The molecule has 1 N–H and O–H groups in total. The van der Waals surface area contributed by atoms with Gasteiger partial charge in [0.2, 0.25) is 5.91 Å². The smallest absolute Gasteiger partial charge is 0.239 e. The Hall–Kier alpha value is -1.30. The average molecular weight is 367 g/mol. The van der Waals surface area contributed by atoms with Crippen molar-refractivity contribution in [3.8, 4) is 0 Å². The molecule has 0 saturated heterocycles. The first-order chi connectivity index (χ1) is 11.1. The zero-order valence-electron chi connectivity index (χ0n) is 13.1. The number of benzene rings is 1. The molecule has 0 aliphatic carbocycles. The van der Waals surface area contributed by atoms with Gasteiger partial charge in [0.25, 0.3) is 0 Å². The van der Waals surface area contributed by atoms with Crippen LogP contribution in [0.15, 0.2) is 41.5 Å². The lowest BCUT2D eigenvalue weighted by molar-refractivity contribution is -0.120. The molecule has 0 atom stereocenters. The summed E-state index contributed by atoms with van der Waals surface area (Å²) in [6, 6.07) is 11.7. The van der Waals surface area contributed by atoms with Crippen LogP contribution >= 0.6 is 34.7 Å². The average Bonchev–Trinajstić information content (AvgIpc) is 3.03. The molecule has 0 fully saturated rings. The number of nitrogens with one attached hydrogen (secondary N) is 1. The normalized spacial score (nSPS) is 11.5. The number of carbonyl (C=O) groups is 1. The second-order valence-corrected chi connectivity index (χ2v) is 7.64. The van der Waals surface area contributed by atoms with Crippen molar-refractivity contribution >= 4 is 46.3 Å². The SMILES string of the molecule is CCSCc1ccc(C(=NNC(=O)CC)c2ccc(Cl)cc2)s1. The molecule has 3 nitrogen and oxygen atoms in total. The van der Waals surface area contributed by atoms with Crippen LogP contribution in [0, 0.1) is 0 Å². The van der Waals surface area contributed by atoms with Gasteiger partial charge in [-0.1, -0.05) is 37.6 Å². The molecule has 1 amide bonds. The lowest BCUT2D eigenvalue weighted by Gasteiger charge is -2.06. The Morgan fingerprint density at radius 1 is 1.22 bits per heavy atom. The Labute approximate surface area is 150 Å². The third-order valence-electron chi connectivity index (χ3n) is 3.07. The summed E-state index contributed by atoms with van der Waals surface area (Å²) in [6.07, 6.45) is 0.403. The number of hydrazone groups is 1. The number of halogens is 1. The fourth-order valence-corrected chi connectivity index (χ4v) is 3.78. The number of thioether (sulfide) groups is 1. The molecule has 122 valence electrons. The van der Waals surface area contributed by atoms with E-state index in [4.69, 9.17) is 11.6 Å². The summed E-state index contributed by atoms with van der Waals surface area (Å²) in [5.41, 5.74) is 4.31. The summed E-state index contributed by atoms with van der Waals surface area (Å²) < 4.78 is 0. The molecule has 0 radical (unpaired) electrons. The highest BCUT2D eigenvalue weighted by Gasteiger charge is 2.11. The van der Waals surface area contributed by atoms with Crippen LogP contribution in [0.3, 0.4) is 0 Å². The van der Waals surface area contributed by atoms with Crippen molar-refractivity contribution in [3.05, 3.63) is 56.7 Å². The molecule has 2 rings (SSSR count). The summed E-state index contributed by atoms with van der Waals surface area (Å²) in [5.74, 6) is 1.99. The van der Waals surface area contributed by atoms with Crippen molar-refractivity contribution in [2.75, 3.05) is 5.75 Å². The van der Waals surface area contributed by atoms with Gasteiger partial charge in [0.05, 0.1) is 4.88 Å². The van der Waals surface area contributed by atoms with E-state index in [2.05, 4.69) is 29.6 Å². The van der Waals surface area contributed by atoms with E-state index in [1.54, 1.807) is 18.3 Å². The van der Waals surface area contributed by atoms with E-state index in [0.29, 0.717) is 11.4 Å². The second kappa shape index (κ2) is 9.11. The molecule has 23 heavy (non-hydrogen) atoms. The second-order valence-electron chi connectivity index (χ2n) is 4.76. The minimum absolute atomic E-state index is 0.102. The number of carbonyl (C=O) groups excluding carboxylic acids is 1. The molecule has 0 saturated carbocycles.